The number of carbonyl (C=O) groups excluding carboxylic acids is 2. The second-order valence-electron chi connectivity index (χ2n) is 16.0. The summed E-state index contributed by atoms with van der Waals surface area (Å²) >= 11 is 5.94. The van der Waals surface area contributed by atoms with Gasteiger partial charge in [-0.05, 0) is 90.1 Å². The molecule has 4 heterocycles. The van der Waals surface area contributed by atoms with E-state index in [4.69, 9.17) is 10.5 Å². The number of amides is 2. The first kappa shape index (κ1) is 48.3. The molecule has 4 aromatic carbocycles. The second-order valence-corrected chi connectivity index (χ2v) is 23.7. The smallest absolute Gasteiger partial charge is 0.255 e. The van der Waals surface area contributed by atoms with Crippen LogP contribution in [0.4, 0.5) is 23.0 Å². The summed E-state index contributed by atoms with van der Waals surface area (Å²) in [6, 6.07) is 17.2. The van der Waals surface area contributed by atoms with Crippen molar-refractivity contribution < 1.29 is 36.3 Å². The molecule has 2 amide bonds. The summed E-state index contributed by atoms with van der Waals surface area (Å²) in [5.41, 5.74) is 17.5. The Kier molecular flexibility index (Phi) is 14.2. The number of alkyl halides is 1. The Labute approximate surface area is 389 Å². The molecule has 0 unspecified atom stereocenters. The van der Waals surface area contributed by atoms with Crippen LogP contribution >= 0.6 is 38.6 Å². The first-order valence-electron chi connectivity index (χ1n) is 19.2. The summed E-state index contributed by atoms with van der Waals surface area (Å²) < 4.78 is 57.7. The van der Waals surface area contributed by atoms with Crippen LogP contribution in [0.2, 0.25) is 0 Å². The van der Waals surface area contributed by atoms with Crippen LogP contribution in [-0.4, -0.2) is 85.1 Å². The molecule has 0 fully saturated rings. The van der Waals surface area contributed by atoms with Crippen molar-refractivity contribution in [3.05, 3.63) is 84.3 Å². The average molecular weight is 1020 g/mol. The van der Waals surface area contributed by atoms with Crippen molar-refractivity contribution in [2.75, 3.05) is 22.6 Å². The summed E-state index contributed by atoms with van der Waals surface area (Å²) in [5.74, 6) is -0.478. The highest BCUT2D eigenvalue weighted by Gasteiger charge is 2.35. The van der Waals surface area contributed by atoms with Gasteiger partial charge in [-0.3, -0.25) is 9.59 Å². The Morgan fingerprint density at radius 1 is 0.646 bits per heavy atom. The van der Waals surface area contributed by atoms with E-state index >= 15 is 0 Å². The normalized spacial score (nSPS) is 12.0. The molecule has 0 aliphatic carbocycles. The first-order valence-corrected chi connectivity index (χ1v) is 25.1. The van der Waals surface area contributed by atoms with Crippen LogP contribution in [0.25, 0.3) is 42.2 Å². The van der Waals surface area contributed by atoms with E-state index in [-0.39, 0.29) is 32.5 Å². The topological polar surface area (TPSA) is 285 Å². The number of aromatic nitrogens is 6. The molecular weight excluding hydrogens is 981 g/mol. The van der Waals surface area contributed by atoms with E-state index in [9.17, 15) is 31.5 Å². The van der Waals surface area contributed by atoms with Crippen molar-refractivity contribution in [1.82, 2.24) is 29.9 Å². The number of anilines is 4. The van der Waals surface area contributed by atoms with Gasteiger partial charge in [0.2, 0.25) is 5.91 Å². The standard InChI is InChI=1S/C21H21N5O4S2.C19H18N4O3S2.C2H4BrNO/c1-21(2,3)32(28,29)18-7-13-14(8-16(18)30-9-19(22)27)23-10-24-20(13)26-12-4-5-17-15(6-12)25-11-31-17;1-19(2,3)28(25,26)17-7-12-13(8-15(17)24)20-9-21-18(12)23-11-4-5-16-14(6-11)22-10-27-16;3-1-2(4)5/h4-8,10-11H,9H2,1-3H3,(H2,22,27)(H,23,24,26);4-10,24H,1-3H3,(H,20,21,23);1H2,(H2,4,5). The van der Waals surface area contributed by atoms with E-state index in [0.29, 0.717) is 33.4 Å². The minimum absolute atomic E-state index is 0.0137. The molecule has 0 spiro atoms. The van der Waals surface area contributed by atoms with E-state index in [2.05, 4.69) is 62.2 Å². The van der Waals surface area contributed by atoms with Gasteiger partial charge in [0.15, 0.2) is 26.3 Å². The molecule has 0 atom stereocenters. The second kappa shape index (κ2) is 19.1. The zero-order valence-corrected chi connectivity index (χ0v) is 40.5. The van der Waals surface area contributed by atoms with Gasteiger partial charge in [-0.2, -0.15) is 0 Å². The number of nitrogens with zero attached hydrogens (tertiary/aromatic N) is 6. The highest BCUT2D eigenvalue weighted by atomic mass is 79.9. The van der Waals surface area contributed by atoms with Crippen molar-refractivity contribution in [1.29, 1.82) is 0 Å². The van der Waals surface area contributed by atoms with E-state index in [1.54, 1.807) is 75.2 Å². The molecule has 0 saturated carbocycles. The third-order valence-corrected chi connectivity index (χ3v) is 16.5. The highest BCUT2D eigenvalue weighted by molar-refractivity contribution is 9.09. The lowest BCUT2D eigenvalue weighted by molar-refractivity contribution is -0.120. The predicted molar refractivity (Wildman–Crippen MR) is 258 cm³/mol. The molecule has 18 nitrogen and oxygen atoms in total. The number of nitrogens with one attached hydrogen (secondary N) is 2. The number of hydrogen-bond acceptors (Lipinski definition) is 18. The van der Waals surface area contributed by atoms with Crippen LogP contribution in [0, 0.1) is 0 Å². The molecule has 7 N–H and O–H groups in total. The van der Waals surface area contributed by atoms with Crippen LogP contribution in [0.5, 0.6) is 11.5 Å². The number of sulfone groups is 2. The van der Waals surface area contributed by atoms with Crippen molar-refractivity contribution in [3.63, 3.8) is 0 Å². The number of thiazole rings is 2. The van der Waals surface area contributed by atoms with Gasteiger partial charge in [0.05, 0.1) is 57.3 Å². The summed E-state index contributed by atoms with van der Waals surface area (Å²) in [7, 11) is -7.58. The Morgan fingerprint density at radius 3 is 1.54 bits per heavy atom. The van der Waals surface area contributed by atoms with Gasteiger partial charge in [0, 0.05) is 34.3 Å². The lowest BCUT2D eigenvalue weighted by atomic mass is 10.2. The number of hydrogen-bond donors (Lipinski definition) is 5. The number of aromatic hydroxyl groups is 1. The number of primary amides is 2. The number of ether oxygens (including phenoxy) is 1. The molecule has 4 aromatic heterocycles. The fourth-order valence-electron chi connectivity index (χ4n) is 5.83. The third-order valence-electron chi connectivity index (χ3n) is 9.30. The van der Waals surface area contributed by atoms with Gasteiger partial charge in [0.1, 0.15) is 45.6 Å². The number of halogens is 1. The lowest BCUT2D eigenvalue weighted by Crippen LogP contribution is -2.29. The number of fused-ring (bicyclic) bond motifs is 4. The Hall–Kier alpha value is -6.14. The zero-order chi connectivity index (χ0) is 47.5. The number of phenolic OH excluding ortho intramolecular Hbond substituents is 1. The van der Waals surface area contributed by atoms with Gasteiger partial charge in [-0.25, -0.2) is 46.7 Å². The number of phenols is 1. The van der Waals surface area contributed by atoms with Crippen molar-refractivity contribution in [2.45, 2.75) is 60.8 Å². The Balaban J connectivity index is 0.000000197. The number of carbonyl (C=O) groups is 2. The monoisotopic (exact) mass is 1020 g/mol. The Morgan fingerprint density at radius 2 is 1.09 bits per heavy atom. The number of benzene rings is 4. The average Bonchev–Trinajstić information content (AvgIpc) is 3.91. The molecule has 0 aliphatic rings. The van der Waals surface area contributed by atoms with Crippen LogP contribution in [0.3, 0.4) is 0 Å². The van der Waals surface area contributed by atoms with Gasteiger partial charge in [-0.15, -0.1) is 22.7 Å². The molecule has 8 rings (SSSR count). The van der Waals surface area contributed by atoms with E-state index in [0.717, 1.165) is 31.8 Å². The van der Waals surface area contributed by atoms with Gasteiger partial charge < -0.3 is 31.9 Å². The predicted octanol–water partition coefficient (Wildman–Crippen LogP) is 7.55. The molecule has 0 radical (unpaired) electrons. The molecule has 0 aliphatic heterocycles. The minimum atomic E-state index is -3.83. The summed E-state index contributed by atoms with van der Waals surface area (Å²) in [6.07, 6.45) is 2.73. The third kappa shape index (κ3) is 10.9. The highest BCUT2D eigenvalue weighted by Crippen LogP contribution is 2.39. The minimum Gasteiger partial charge on any atom is -0.507 e. The summed E-state index contributed by atoms with van der Waals surface area (Å²) in [4.78, 5) is 46.2. The van der Waals surface area contributed by atoms with Crippen molar-refractivity contribution in [3.8, 4) is 11.5 Å². The molecule has 8 aromatic rings. The molecular formula is C42H43BrN10O8S4. The number of rotatable bonds is 10. The van der Waals surface area contributed by atoms with Gasteiger partial charge in [0.25, 0.3) is 5.91 Å². The quantitative estimate of drug-likeness (QED) is 0.0827. The van der Waals surface area contributed by atoms with Crippen molar-refractivity contribution in [2.24, 2.45) is 11.5 Å². The van der Waals surface area contributed by atoms with E-state index in [1.165, 1.54) is 36.9 Å². The maximum Gasteiger partial charge on any atom is 0.255 e. The van der Waals surface area contributed by atoms with Crippen LogP contribution < -0.4 is 26.8 Å². The summed E-state index contributed by atoms with van der Waals surface area (Å²) in [5, 5.41) is 18.0. The van der Waals surface area contributed by atoms with Crippen LogP contribution in [-0.2, 0) is 29.3 Å². The maximum atomic E-state index is 13.3. The van der Waals surface area contributed by atoms with Crippen molar-refractivity contribution >= 4 is 135 Å². The van der Waals surface area contributed by atoms with E-state index in [1.807, 2.05) is 36.4 Å². The largest absolute Gasteiger partial charge is 0.507 e. The fourth-order valence-corrected chi connectivity index (χ4v) is 9.73. The number of nitrogens with two attached hydrogens (primary N) is 2. The van der Waals surface area contributed by atoms with Gasteiger partial charge in [-0.1, -0.05) is 15.9 Å². The van der Waals surface area contributed by atoms with Crippen LogP contribution in [0.1, 0.15) is 41.5 Å². The maximum absolute atomic E-state index is 13.3. The lowest BCUT2D eigenvalue weighted by Gasteiger charge is -2.22. The fraction of sp³-hybridized carbons (Fsp3) is 0.238. The molecule has 23 heteroatoms. The SMILES string of the molecule is CC(C)(C)S(=O)(=O)c1cc2c(Nc3ccc4scnc4c3)ncnc2cc1O.CC(C)(C)S(=O)(=O)c1cc2c(Nc3ccc4scnc4c3)ncnc2cc1OCC(N)=O.NC(=O)CBr. The zero-order valence-electron chi connectivity index (χ0n) is 35.7. The summed E-state index contributed by atoms with van der Waals surface area (Å²) in [6.45, 7) is 9.10. The Bertz CT molecular complexity index is 3320. The molecule has 0 bridgehead atoms. The first-order chi connectivity index (χ1) is 30.5. The molecule has 65 heavy (non-hydrogen) atoms. The molecule has 0 saturated heterocycles. The molecule has 340 valence electrons. The van der Waals surface area contributed by atoms with Gasteiger partial charge >= 0.3 is 0 Å². The van der Waals surface area contributed by atoms with E-state index < -0.39 is 41.7 Å². The van der Waals surface area contributed by atoms with Crippen LogP contribution in [0.15, 0.2) is 94.1 Å².